The number of esters is 1. The average Bonchev–Trinajstić information content (AvgIpc) is 3.42. The molecule has 0 spiro atoms. The molecule has 2 aliphatic carbocycles. The van der Waals surface area contributed by atoms with Gasteiger partial charge in [0.15, 0.2) is 0 Å². The fraction of sp³-hybridized carbons (Fsp3) is 0.379. The third-order valence-electron chi connectivity index (χ3n) is 6.71. The van der Waals surface area contributed by atoms with Crippen LogP contribution in [0.3, 0.4) is 0 Å². The molecule has 1 amide bonds. The van der Waals surface area contributed by atoms with Gasteiger partial charge in [-0.15, -0.1) is 0 Å². The zero-order chi connectivity index (χ0) is 27.1. The molecule has 9 heteroatoms. The number of carbonyl (C=O) groups is 2. The molecule has 0 aliphatic heterocycles. The van der Waals surface area contributed by atoms with Gasteiger partial charge in [-0.3, -0.25) is 9.59 Å². The molecule has 1 aromatic carbocycles. The molecule has 200 valence electrons. The molecule has 0 radical (unpaired) electrons. The quantitative estimate of drug-likeness (QED) is 0.363. The lowest BCUT2D eigenvalue weighted by molar-refractivity contribution is -0.140. The first-order valence-electron chi connectivity index (χ1n) is 12.6. The van der Waals surface area contributed by atoms with Crippen LogP contribution in [0.15, 0.2) is 59.2 Å². The summed E-state index contributed by atoms with van der Waals surface area (Å²) in [5.41, 5.74) is 4.90. The monoisotopic (exact) mass is 521 g/mol. The van der Waals surface area contributed by atoms with Crippen molar-refractivity contribution in [1.29, 1.82) is 0 Å². The largest absolute Gasteiger partial charge is 0.469 e. The van der Waals surface area contributed by atoms with E-state index in [1.807, 2.05) is 18.2 Å². The van der Waals surface area contributed by atoms with Crippen molar-refractivity contribution in [1.82, 2.24) is 15.5 Å². The number of halogens is 1. The Kier molecular flexibility index (Phi) is 9.02. The summed E-state index contributed by atoms with van der Waals surface area (Å²) < 4.78 is 30.5. The second kappa shape index (κ2) is 12.6. The van der Waals surface area contributed by atoms with Gasteiger partial charge in [-0.1, -0.05) is 53.7 Å². The highest BCUT2D eigenvalue weighted by atomic mass is 19.1. The Morgan fingerprint density at radius 2 is 2.03 bits per heavy atom. The number of amides is 1. The van der Waals surface area contributed by atoms with E-state index in [2.05, 4.69) is 45.3 Å². The summed E-state index contributed by atoms with van der Waals surface area (Å²) >= 11 is 0. The highest BCUT2D eigenvalue weighted by Gasteiger charge is 2.29. The van der Waals surface area contributed by atoms with Gasteiger partial charge < -0.3 is 19.3 Å². The van der Waals surface area contributed by atoms with E-state index < -0.39 is 18.0 Å². The second-order valence-electron chi connectivity index (χ2n) is 9.33. The summed E-state index contributed by atoms with van der Waals surface area (Å²) in [5, 5.41) is 6.71. The van der Waals surface area contributed by atoms with Gasteiger partial charge >= 0.3 is 5.97 Å². The van der Waals surface area contributed by atoms with Gasteiger partial charge in [0, 0.05) is 37.1 Å². The normalized spacial score (nSPS) is 20.8. The van der Waals surface area contributed by atoms with E-state index in [-0.39, 0.29) is 30.7 Å². The van der Waals surface area contributed by atoms with Crippen LogP contribution in [-0.4, -0.2) is 55.6 Å². The van der Waals surface area contributed by atoms with Crippen LogP contribution in [0.1, 0.15) is 42.1 Å². The molecule has 2 aromatic rings. The number of carbonyl (C=O) groups excluding carboxylic acids is 2. The molecule has 1 aromatic heterocycles. The number of methoxy groups -OCH3 is 2. The average molecular weight is 522 g/mol. The van der Waals surface area contributed by atoms with Gasteiger partial charge in [-0.05, 0) is 42.5 Å². The Morgan fingerprint density at radius 3 is 2.76 bits per heavy atom. The van der Waals surface area contributed by atoms with Crippen molar-refractivity contribution in [2.45, 2.75) is 32.4 Å². The van der Waals surface area contributed by atoms with Crippen LogP contribution in [-0.2, 0) is 19.1 Å². The minimum atomic E-state index is -1.54. The molecule has 8 nitrogen and oxygen atoms in total. The van der Waals surface area contributed by atoms with Crippen LogP contribution in [0.4, 0.5) is 4.39 Å². The van der Waals surface area contributed by atoms with Crippen molar-refractivity contribution in [2.75, 3.05) is 27.4 Å². The maximum Gasteiger partial charge on any atom is 0.305 e. The number of alkyl halides is 1. The molecule has 3 atom stereocenters. The number of aryl methyl sites for hydroxylation is 1. The molecule has 38 heavy (non-hydrogen) atoms. The van der Waals surface area contributed by atoms with E-state index in [0.717, 1.165) is 5.57 Å². The van der Waals surface area contributed by atoms with Crippen LogP contribution in [0, 0.1) is 18.8 Å². The predicted molar refractivity (Wildman–Crippen MR) is 141 cm³/mol. The smallest absolute Gasteiger partial charge is 0.305 e. The molecular weight excluding hydrogens is 489 g/mol. The Balaban J connectivity index is 1.43. The third-order valence-corrected chi connectivity index (χ3v) is 6.71. The molecule has 1 N–H and O–H groups in total. The summed E-state index contributed by atoms with van der Waals surface area (Å²) in [6.07, 6.45) is 8.22. The maximum atomic E-state index is 14.9. The van der Waals surface area contributed by atoms with Gasteiger partial charge in [0.25, 0.3) is 5.89 Å². The minimum Gasteiger partial charge on any atom is -0.469 e. The number of nitrogens with zero attached hydrogens (tertiary/aromatic N) is 2. The number of nitrogens with one attached hydrogen (secondary N) is 1. The van der Waals surface area contributed by atoms with Crippen molar-refractivity contribution in [3.8, 4) is 0 Å². The number of rotatable bonds is 10. The van der Waals surface area contributed by atoms with Gasteiger partial charge in [0.1, 0.15) is 6.17 Å². The summed E-state index contributed by atoms with van der Waals surface area (Å²) in [6.45, 7) is 2.89. The fourth-order valence-electron chi connectivity index (χ4n) is 4.65. The first-order valence-corrected chi connectivity index (χ1v) is 12.6. The zero-order valence-corrected chi connectivity index (χ0v) is 21.8. The van der Waals surface area contributed by atoms with Crippen molar-refractivity contribution >= 4 is 28.6 Å². The van der Waals surface area contributed by atoms with Crippen LogP contribution in [0.5, 0.6) is 0 Å². The van der Waals surface area contributed by atoms with E-state index in [4.69, 9.17) is 9.26 Å². The summed E-state index contributed by atoms with van der Waals surface area (Å²) in [4.78, 5) is 28.1. The number of ether oxygens (including phenoxy) is 2. The molecule has 2 aliphatic rings. The van der Waals surface area contributed by atoms with Crippen molar-refractivity contribution < 1.29 is 28.0 Å². The van der Waals surface area contributed by atoms with Gasteiger partial charge in [0.05, 0.1) is 19.6 Å². The fourth-order valence-corrected chi connectivity index (χ4v) is 4.65. The molecule has 4 rings (SSSR count). The molecular formula is C29H32FN3O5. The molecule has 1 heterocycles. The van der Waals surface area contributed by atoms with Gasteiger partial charge in [-0.2, -0.15) is 4.98 Å². The zero-order valence-electron chi connectivity index (χ0n) is 21.8. The van der Waals surface area contributed by atoms with E-state index in [1.54, 1.807) is 13.2 Å². The SMILES string of the molecule is COCC1CC(c2nc(C3=CC(F)C(C(=O)NCCCC(=O)OC)C=C3)no2)=CC=C1c1ccccc1C. The number of benzene rings is 1. The third kappa shape index (κ3) is 6.34. The van der Waals surface area contributed by atoms with Crippen LogP contribution in [0.25, 0.3) is 16.7 Å². The summed E-state index contributed by atoms with van der Waals surface area (Å²) in [6, 6.07) is 8.25. The molecule has 3 unspecified atom stereocenters. The summed E-state index contributed by atoms with van der Waals surface area (Å²) in [7, 11) is 2.99. The van der Waals surface area contributed by atoms with Crippen molar-refractivity contribution in [3.63, 3.8) is 0 Å². The molecule has 0 saturated heterocycles. The van der Waals surface area contributed by atoms with Crippen molar-refractivity contribution in [2.24, 2.45) is 11.8 Å². The highest BCUT2D eigenvalue weighted by Crippen LogP contribution is 2.37. The number of allylic oxidation sites excluding steroid dienone is 6. The summed E-state index contributed by atoms with van der Waals surface area (Å²) in [5.74, 6) is -1.02. The van der Waals surface area contributed by atoms with E-state index >= 15 is 0 Å². The lowest BCUT2D eigenvalue weighted by Crippen LogP contribution is -2.36. The van der Waals surface area contributed by atoms with Crippen LogP contribution < -0.4 is 5.32 Å². The number of hydrogen-bond acceptors (Lipinski definition) is 7. The van der Waals surface area contributed by atoms with E-state index in [1.165, 1.54) is 36.0 Å². The first-order chi connectivity index (χ1) is 18.4. The topological polar surface area (TPSA) is 104 Å². The Bertz CT molecular complexity index is 1290. The lowest BCUT2D eigenvalue weighted by Gasteiger charge is -2.24. The van der Waals surface area contributed by atoms with Crippen molar-refractivity contribution in [3.05, 3.63) is 77.5 Å². The minimum absolute atomic E-state index is 0.118. The number of hydrogen-bond donors (Lipinski definition) is 1. The van der Waals surface area contributed by atoms with Gasteiger partial charge in [0.2, 0.25) is 11.7 Å². The molecule has 0 bridgehead atoms. The molecule has 0 fully saturated rings. The molecule has 0 saturated carbocycles. The predicted octanol–water partition coefficient (Wildman–Crippen LogP) is 4.49. The second-order valence-corrected chi connectivity index (χ2v) is 9.33. The van der Waals surface area contributed by atoms with Crippen LogP contribution >= 0.6 is 0 Å². The Labute approximate surface area is 221 Å². The van der Waals surface area contributed by atoms with E-state index in [0.29, 0.717) is 30.9 Å². The highest BCUT2D eigenvalue weighted by molar-refractivity contribution is 5.85. The standard InChI is InChI=1S/C29H32FN3O5/c1-18-7-4-5-8-22(18)23-12-11-20(15-21(23)17-36-2)29-32-27(33-38-29)19-10-13-24(25(30)16-19)28(35)31-14-6-9-26(34)37-3/h4-5,7-8,10-13,16,21,24-25H,6,9,14-15,17H2,1-3H3,(H,31,35). The Hall–Kier alpha value is -3.85. The van der Waals surface area contributed by atoms with Gasteiger partial charge in [-0.25, -0.2) is 4.39 Å². The Morgan fingerprint density at radius 1 is 1.21 bits per heavy atom. The maximum absolute atomic E-state index is 14.9. The number of aromatic nitrogens is 2. The lowest BCUT2D eigenvalue weighted by atomic mass is 9.82. The van der Waals surface area contributed by atoms with Crippen LogP contribution in [0.2, 0.25) is 0 Å². The van der Waals surface area contributed by atoms with E-state index in [9.17, 15) is 14.0 Å². The first kappa shape index (κ1) is 27.2.